The Morgan fingerprint density at radius 2 is 2.04 bits per heavy atom. The van der Waals surface area contributed by atoms with Gasteiger partial charge in [0.05, 0.1) is 17.8 Å². The van der Waals surface area contributed by atoms with E-state index >= 15 is 0 Å². The van der Waals surface area contributed by atoms with Gasteiger partial charge in [-0.25, -0.2) is 9.37 Å². The first-order valence-electron chi connectivity index (χ1n) is 7.86. The molecule has 0 aliphatic carbocycles. The topological polar surface area (TPSA) is 46.4 Å². The molecule has 130 valence electrons. The molecule has 26 heavy (non-hydrogen) atoms. The van der Waals surface area contributed by atoms with Crippen LogP contribution < -0.4 is 5.32 Å². The van der Waals surface area contributed by atoms with Gasteiger partial charge < -0.3 is 5.32 Å². The van der Waals surface area contributed by atoms with Crippen molar-refractivity contribution in [3.05, 3.63) is 76.6 Å². The Morgan fingerprint density at radius 3 is 2.85 bits per heavy atom. The Morgan fingerprint density at radius 1 is 1.23 bits per heavy atom. The summed E-state index contributed by atoms with van der Waals surface area (Å²) >= 11 is 7.31. The molecule has 2 heterocycles. The highest BCUT2D eigenvalue weighted by Gasteiger charge is 2.14. The third-order valence-corrected chi connectivity index (χ3v) is 5.02. The predicted molar refractivity (Wildman–Crippen MR) is 102 cm³/mol. The Bertz CT molecular complexity index is 1090. The first kappa shape index (κ1) is 16.8. The monoisotopic (exact) mass is 385 g/mol. The van der Waals surface area contributed by atoms with E-state index in [2.05, 4.69) is 10.3 Å². The van der Waals surface area contributed by atoms with Crippen molar-refractivity contribution in [1.82, 2.24) is 9.38 Å². The van der Waals surface area contributed by atoms with Gasteiger partial charge in [-0.2, -0.15) is 0 Å². The van der Waals surface area contributed by atoms with Crippen molar-refractivity contribution in [3.8, 4) is 11.3 Å². The zero-order valence-electron chi connectivity index (χ0n) is 13.4. The molecule has 7 heteroatoms. The summed E-state index contributed by atoms with van der Waals surface area (Å²) in [7, 11) is 0. The molecular formula is C19H13ClFN3OS. The number of halogens is 2. The highest BCUT2D eigenvalue weighted by molar-refractivity contribution is 7.15. The molecule has 2 aromatic heterocycles. The molecule has 0 radical (unpaired) electrons. The third-order valence-electron chi connectivity index (χ3n) is 3.90. The quantitative estimate of drug-likeness (QED) is 0.535. The second-order valence-electron chi connectivity index (χ2n) is 5.72. The van der Waals surface area contributed by atoms with Gasteiger partial charge in [0.15, 0.2) is 4.96 Å². The third kappa shape index (κ3) is 3.34. The smallest absolute Gasteiger partial charge is 0.230 e. The normalized spacial score (nSPS) is 11.0. The summed E-state index contributed by atoms with van der Waals surface area (Å²) in [6.07, 6.45) is 2.01. The number of hydrogen-bond acceptors (Lipinski definition) is 3. The molecule has 1 N–H and O–H groups in total. The Labute approximate surface area is 157 Å². The largest absolute Gasteiger partial charge is 0.323 e. The van der Waals surface area contributed by atoms with Gasteiger partial charge in [-0.1, -0.05) is 41.9 Å². The first-order valence-corrected chi connectivity index (χ1v) is 9.12. The van der Waals surface area contributed by atoms with Crippen LogP contribution in [0.2, 0.25) is 5.02 Å². The van der Waals surface area contributed by atoms with E-state index in [1.54, 1.807) is 0 Å². The summed E-state index contributed by atoms with van der Waals surface area (Å²) in [5.41, 5.74) is 2.73. The maximum Gasteiger partial charge on any atom is 0.230 e. The molecule has 4 aromatic rings. The van der Waals surface area contributed by atoms with Crippen LogP contribution in [0.25, 0.3) is 16.2 Å². The number of aromatic nitrogens is 2. The summed E-state index contributed by atoms with van der Waals surface area (Å²) in [4.78, 5) is 17.7. The molecule has 0 bridgehead atoms. The standard InChI is InChI=1S/C19H13ClFN3OS/c20-13-6-7-15(21)16(8-13)22-18(25)9-14-11-26-19-23-17(10-24(14)19)12-4-2-1-3-5-12/h1-8,10-11H,9H2,(H,22,25). The van der Waals surface area contributed by atoms with Crippen LogP contribution in [0.1, 0.15) is 5.69 Å². The van der Waals surface area contributed by atoms with E-state index < -0.39 is 5.82 Å². The van der Waals surface area contributed by atoms with Crippen LogP contribution in [0, 0.1) is 5.82 Å². The summed E-state index contributed by atoms with van der Waals surface area (Å²) in [5.74, 6) is -0.840. The van der Waals surface area contributed by atoms with Crippen molar-refractivity contribution in [1.29, 1.82) is 0 Å². The lowest BCUT2D eigenvalue weighted by molar-refractivity contribution is -0.115. The Hall–Kier alpha value is -2.70. The zero-order chi connectivity index (χ0) is 18.1. The number of anilines is 1. The van der Waals surface area contributed by atoms with E-state index in [0.29, 0.717) is 5.02 Å². The van der Waals surface area contributed by atoms with Gasteiger partial charge in [0.2, 0.25) is 5.91 Å². The van der Waals surface area contributed by atoms with E-state index in [0.717, 1.165) is 21.9 Å². The number of rotatable bonds is 4. The lowest BCUT2D eigenvalue weighted by atomic mass is 10.2. The number of nitrogens with one attached hydrogen (secondary N) is 1. The van der Waals surface area contributed by atoms with Crippen LogP contribution in [0.3, 0.4) is 0 Å². The van der Waals surface area contributed by atoms with E-state index in [1.807, 2.05) is 46.3 Å². The van der Waals surface area contributed by atoms with Gasteiger partial charge in [-0.15, -0.1) is 11.3 Å². The minimum absolute atomic E-state index is 0.0737. The molecule has 2 aromatic carbocycles. The molecule has 4 rings (SSSR count). The number of hydrogen-bond donors (Lipinski definition) is 1. The minimum atomic E-state index is -0.521. The summed E-state index contributed by atoms with van der Waals surface area (Å²) in [5, 5.41) is 4.81. The van der Waals surface area contributed by atoms with Crippen LogP contribution in [0.4, 0.5) is 10.1 Å². The average molecular weight is 386 g/mol. The number of carbonyl (C=O) groups excluding carboxylic acids is 1. The van der Waals surface area contributed by atoms with Crippen molar-refractivity contribution >= 4 is 39.5 Å². The van der Waals surface area contributed by atoms with Crippen LogP contribution in [-0.4, -0.2) is 15.3 Å². The van der Waals surface area contributed by atoms with Gasteiger partial charge >= 0.3 is 0 Å². The van der Waals surface area contributed by atoms with Gasteiger partial charge in [0.1, 0.15) is 5.82 Å². The summed E-state index contributed by atoms with van der Waals surface area (Å²) < 4.78 is 15.7. The molecule has 0 aliphatic rings. The van der Waals surface area contributed by atoms with Crippen molar-refractivity contribution in [2.45, 2.75) is 6.42 Å². The van der Waals surface area contributed by atoms with E-state index in [1.165, 1.54) is 29.5 Å². The Balaban J connectivity index is 1.56. The number of carbonyl (C=O) groups is 1. The average Bonchev–Trinajstić information content (AvgIpc) is 3.21. The van der Waals surface area contributed by atoms with Crippen LogP contribution >= 0.6 is 22.9 Å². The maximum atomic E-state index is 13.8. The fourth-order valence-corrected chi connectivity index (χ4v) is 3.70. The number of imidazole rings is 1. The molecule has 0 atom stereocenters. The number of amides is 1. The lowest BCUT2D eigenvalue weighted by Crippen LogP contribution is -2.16. The van der Waals surface area contributed by atoms with Crippen LogP contribution in [-0.2, 0) is 11.2 Å². The predicted octanol–water partition coefficient (Wildman–Crippen LogP) is 5.04. The number of nitrogens with zero attached hydrogens (tertiary/aromatic N) is 2. The van der Waals surface area contributed by atoms with E-state index in [4.69, 9.17) is 11.6 Å². The molecule has 0 spiro atoms. The molecule has 0 aliphatic heterocycles. The fourth-order valence-electron chi connectivity index (χ4n) is 2.66. The van der Waals surface area contributed by atoms with Crippen molar-refractivity contribution in [3.63, 3.8) is 0 Å². The Kier molecular flexibility index (Phi) is 4.44. The highest BCUT2D eigenvalue weighted by atomic mass is 35.5. The van der Waals surface area contributed by atoms with Crippen molar-refractivity contribution < 1.29 is 9.18 Å². The first-order chi connectivity index (χ1) is 12.6. The van der Waals surface area contributed by atoms with E-state index in [-0.39, 0.29) is 18.0 Å². The molecule has 0 saturated heterocycles. The van der Waals surface area contributed by atoms with E-state index in [9.17, 15) is 9.18 Å². The SMILES string of the molecule is O=C(Cc1csc2nc(-c3ccccc3)cn12)Nc1cc(Cl)ccc1F. The van der Waals surface area contributed by atoms with Gasteiger partial charge in [-0.3, -0.25) is 9.20 Å². The molecular weight excluding hydrogens is 373 g/mol. The molecule has 4 nitrogen and oxygen atoms in total. The molecule has 0 saturated carbocycles. The highest BCUT2D eigenvalue weighted by Crippen LogP contribution is 2.24. The second kappa shape index (κ2) is 6.90. The van der Waals surface area contributed by atoms with Crippen LogP contribution in [0.15, 0.2) is 60.1 Å². The summed E-state index contributed by atoms with van der Waals surface area (Å²) in [6.45, 7) is 0. The molecule has 0 fully saturated rings. The fraction of sp³-hybridized carbons (Fsp3) is 0.0526. The summed E-state index contributed by atoms with van der Waals surface area (Å²) in [6, 6.07) is 13.9. The van der Waals surface area contributed by atoms with Gasteiger partial charge in [0, 0.05) is 27.9 Å². The lowest BCUT2D eigenvalue weighted by Gasteiger charge is -2.06. The number of thiazole rings is 1. The minimum Gasteiger partial charge on any atom is -0.323 e. The number of fused-ring (bicyclic) bond motifs is 1. The van der Waals surface area contributed by atoms with Crippen molar-refractivity contribution in [2.24, 2.45) is 0 Å². The second-order valence-corrected chi connectivity index (χ2v) is 6.99. The van der Waals surface area contributed by atoms with Gasteiger partial charge in [0.25, 0.3) is 0 Å². The molecule has 1 amide bonds. The van der Waals surface area contributed by atoms with Crippen LogP contribution in [0.5, 0.6) is 0 Å². The number of benzene rings is 2. The molecule has 0 unspecified atom stereocenters. The maximum absolute atomic E-state index is 13.8. The van der Waals surface area contributed by atoms with Crippen molar-refractivity contribution in [2.75, 3.05) is 5.32 Å². The zero-order valence-corrected chi connectivity index (χ0v) is 15.0. The van der Waals surface area contributed by atoms with Gasteiger partial charge in [-0.05, 0) is 18.2 Å².